The fraction of sp³-hybridized carbons (Fsp3) is 1.00. The molecule has 2 bridgehead atoms. The number of hydrogen-bond acceptors (Lipinski definition) is 4. The van der Waals surface area contributed by atoms with Crippen molar-refractivity contribution in [3.8, 4) is 0 Å². The summed E-state index contributed by atoms with van der Waals surface area (Å²) in [7, 11) is -0.957. The fourth-order valence-corrected chi connectivity index (χ4v) is 5.75. The van der Waals surface area contributed by atoms with Gasteiger partial charge in [0.15, 0.2) is 0 Å². The Balaban J connectivity index is 1.74. The van der Waals surface area contributed by atoms with E-state index >= 15 is 0 Å². The van der Waals surface area contributed by atoms with E-state index in [2.05, 4.69) is 17.3 Å². The summed E-state index contributed by atoms with van der Waals surface area (Å²) < 4.78 is 27.3. The molecular formula is C13H25N3O2S. The Morgan fingerprint density at radius 1 is 1.11 bits per heavy atom. The largest absolute Gasteiger partial charge is 0.315 e. The zero-order valence-electron chi connectivity index (χ0n) is 11.7. The first-order valence-corrected chi connectivity index (χ1v) is 9.01. The van der Waals surface area contributed by atoms with Gasteiger partial charge in [-0.25, -0.2) is 12.7 Å². The maximum Gasteiger partial charge on any atom is 0.218 e. The molecule has 3 unspecified atom stereocenters. The monoisotopic (exact) mass is 287 g/mol. The summed E-state index contributed by atoms with van der Waals surface area (Å²) in [5, 5.41) is 3.02. The predicted octanol–water partition coefficient (Wildman–Crippen LogP) is 0.237. The molecule has 0 aromatic rings. The van der Waals surface area contributed by atoms with Crippen LogP contribution in [0.25, 0.3) is 0 Å². The highest BCUT2D eigenvalue weighted by Crippen LogP contribution is 2.30. The molecule has 19 heavy (non-hydrogen) atoms. The lowest BCUT2D eigenvalue weighted by Crippen LogP contribution is -2.48. The van der Waals surface area contributed by atoms with E-state index in [4.69, 9.17) is 0 Å². The minimum Gasteiger partial charge on any atom is -0.315 e. The van der Waals surface area contributed by atoms with Gasteiger partial charge in [0.25, 0.3) is 0 Å². The summed E-state index contributed by atoms with van der Waals surface area (Å²) >= 11 is 0. The lowest BCUT2D eigenvalue weighted by atomic mass is 10.1. The average Bonchev–Trinajstić information content (AvgIpc) is 2.63. The molecule has 0 radical (unpaired) electrons. The minimum absolute atomic E-state index is 0.205. The second kappa shape index (κ2) is 5.31. The molecule has 110 valence electrons. The van der Waals surface area contributed by atoms with Crippen molar-refractivity contribution >= 4 is 10.0 Å². The lowest BCUT2D eigenvalue weighted by Gasteiger charge is -2.31. The molecule has 3 heterocycles. The summed E-state index contributed by atoms with van der Waals surface area (Å²) in [5.74, 6) is 0. The maximum atomic E-state index is 12.7. The van der Waals surface area contributed by atoms with Crippen molar-refractivity contribution in [3.63, 3.8) is 0 Å². The van der Waals surface area contributed by atoms with E-state index in [1.165, 1.54) is 6.42 Å². The first-order valence-electron chi connectivity index (χ1n) is 7.50. The topological polar surface area (TPSA) is 52.7 Å². The molecule has 1 N–H and O–H groups in total. The first kappa shape index (κ1) is 13.8. The third kappa shape index (κ3) is 2.55. The van der Waals surface area contributed by atoms with E-state index in [-0.39, 0.29) is 5.25 Å². The summed E-state index contributed by atoms with van der Waals surface area (Å²) in [6, 6.07) is 1.02. The molecule has 0 amide bonds. The highest BCUT2D eigenvalue weighted by Gasteiger charge is 2.40. The smallest absolute Gasteiger partial charge is 0.218 e. The van der Waals surface area contributed by atoms with E-state index in [1.54, 1.807) is 4.31 Å². The number of hydrogen-bond donors (Lipinski definition) is 1. The molecule has 3 aliphatic heterocycles. The zero-order chi connectivity index (χ0) is 13.5. The van der Waals surface area contributed by atoms with Gasteiger partial charge in [0.1, 0.15) is 0 Å². The Labute approximate surface area is 116 Å². The maximum absolute atomic E-state index is 12.7. The number of nitrogens with zero attached hydrogens (tertiary/aromatic N) is 2. The molecule has 0 spiro atoms. The van der Waals surface area contributed by atoms with Gasteiger partial charge in [-0.2, -0.15) is 0 Å². The highest BCUT2D eigenvalue weighted by molar-refractivity contribution is 7.89. The van der Waals surface area contributed by atoms with Crippen molar-refractivity contribution in [2.45, 2.75) is 49.4 Å². The number of likely N-dealkylation sites (N-methyl/N-ethyl adjacent to an activating group) is 1. The summed E-state index contributed by atoms with van der Waals surface area (Å²) in [5.41, 5.74) is 0. The zero-order valence-corrected chi connectivity index (χ0v) is 12.5. The van der Waals surface area contributed by atoms with Gasteiger partial charge in [-0.3, -0.25) is 4.90 Å². The minimum atomic E-state index is -3.11. The number of sulfonamides is 1. The van der Waals surface area contributed by atoms with Gasteiger partial charge in [0.05, 0.1) is 5.25 Å². The Hall–Kier alpha value is -0.170. The van der Waals surface area contributed by atoms with Crippen LogP contribution in [0.1, 0.15) is 32.1 Å². The molecule has 3 atom stereocenters. The van der Waals surface area contributed by atoms with Crippen LogP contribution in [0, 0.1) is 0 Å². The van der Waals surface area contributed by atoms with Gasteiger partial charge in [-0.1, -0.05) is 0 Å². The summed E-state index contributed by atoms with van der Waals surface area (Å²) in [6.45, 7) is 3.00. The van der Waals surface area contributed by atoms with Crippen molar-refractivity contribution in [2.75, 3.05) is 33.2 Å². The molecule has 0 aliphatic carbocycles. The Morgan fingerprint density at radius 2 is 1.89 bits per heavy atom. The lowest BCUT2D eigenvalue weighted by molar-refractivity contribution is 0.246. The van der Waals surface area contributed by atoms with E-state index in [0.29, 0.717) is 31.7 Å². The van der Waals surface area contributed by atoms with Crippen molar-refractivity contribution < 1.29 is 8.42 Å². The van der Waals surface area contributed by atoms with Crippen LogP contribution in [0.15, 0.2) is 0 Å². The van der Waals surface area contributed by atoms with E-state index in [9.17, 15) is 8.42 Å². The molecule has 3 saturated heterocycles. The van der Waals surface area contributed by atoms with Gasteiger partial charge < -0.3 is 5.32 Å². The molecule has 0 saturated carbocycles. The van der Waals surface area contributed by atoms with Crippen LogP contribution < -0.4 is 5.32 Å². The van der Waals surface area contributed by atoms with Crippen LogP contribution in [0.4, 0.5) is 0 Å². The molecule has 3 fully saturated rings. The van der Waals surface area contributed by atoms with Crippen molar-refractivity contribution in [2.24, 2.45) is 0 Å². The van der Waals surface area contributed by atoms with Gasteiger partial charge >= 0.3 is 0 Å². The number of fused-ring (bicyclic) bond motifs is 2. The molecule has 3 rings (SSSR count). The first-order chi connectivity index (χ1) is 9.09. The van der Waals surface area contributed by atoms with Crippen molar-refractivity contribution in [1.29, 1.82) is 0 Å². The molecule has 3 aliphatic rings. The Bertz CT molecular complexity index is 420. The third-order valence-corrected chi connectivity index (χ3v) is 7.44. The molecule has 0 aromatic heterocycles. The van der Waals surface area contributed by atoms with Gasteiger partial charge in [0, 0.05) is 31.7 Å². The van der Waals surface area contributed by atoms with Crippen LogP contribution in [-0.2, 0) is 10.0 Å². The van der Waals surface area contributed by atoms with Crippen LogP contribution in [0.2, 0.25) is 0 Å². The third-order valence-electron chi connectivity index (χ3n) is 5.14. The Kier molecular flexibility index (Phi) is 3.86. The van der Waals surface area contributed by atoms with E-state index in [0.717, 1.165) is 32.2 Å². The van der Waals surface area contributed by atoms with Crippen LogP contribution >= 0.6 is 0 Å². The Morgan fingerprint density at radius 3 is 2.63 bits per heavy atom. The highest BCUT2D eigenvalue weighted by atomic mass is 32.2. The SMILES string of the molecule is CN1C2CCC1CN(S(=O)(=O)C1CCCNC1)CC2. The molecular weight excluding hydrogens is 262 g/mol. The number of piperidine rings is 1. The number of rotatable bonds is 2. The van der Waals surface area contributed by atoms with E-state index < -0.39 is 10.0 Å². The van der Waals surface area contributed by atoms with Gasteiger partial charge in [-0.15, -0.1) is 0 Å². The second-order valence-corrected chi connectivity index (χ2v) is 8.42. The summed E-state index contributed by atoms with van der Waals surface area (Å²) in [6.07, 6.45) is 5.17. The van der Waals surface area contributed by atoms with E-state index in [1.807, 2.05) is 0 Å². The van der Waals surface area contributed by atoms with Gasteiger partial charge in [-0.05, 0) is 45.7 Å². The number of nitrogens with one attached hydrogen (secondary N) is 1. The molecule has 6 heteroatoms. The predicted molar refractivity (Wildman–Crippen MR) is 75.6 cm³/mol. The van der Waals surface area contributed by atoms with Crippen LogP contribution in [0.3, 0.4) is 0 Å². The molecule has 5 nitrogen and oxygen atoms in total. The van der Waals surface area contributed by atoms with Crippen molar-refractivity contribution in [1.82, 2.24) is 14.5 Å². The standard InChI is InChI=1S/C13H25N3O2S/c1-15-11-4-5-12(15)10-16(8-6-11)19(17,18)13-3-2-7-14-9-13/h11-14H,2-10H2,1H3. The summed E-state index contributed by atoms with van der Waals surface area (Å²) in [4.78, 5) is 2.40. The van der Waals surface area contributed by atoms with Crippen LogP contribution in [0.5, 0.6) is 0 Å². The van der Waals surface area contributed by atoms with Crippen molar-refractivity contribution in [3.05, 3.63) is 0 Å². The average molecular weight is 287 g/mol. The normalized spacial score (nSPS) is 38.3. The quantitative estimate of drug-likeness (QED) is 0.790. The molecule has 0 aromatic carbocycles. The fourth-order valence-electron chi connectivity index (χ4n) is 3.79. The van der Waals surface area contributed by atoms with Crippen LogP contribution in [-0.4, -0.2) is 68.2 Å². The second-order valence-electron chi connectivity index (χ2n) is 6.21. The van der Waals surface area contributed by atoms with Gasteiger partial charge in [0.2, 0.25) is 10.0 Å².